The molecule has 1 amide bonds. The highest BCUT2D eigenvalue weighted by atomic mass is 16.6. The molecule has 1 aromatic carbocycles. The summed E-state index contributed by atoms with van der Waals surface area (Å²) in [5.41, 5.74) is 3.75. The second kappa shape index (κ2) is 10.4. The van der Waals surface area contributed by atoms with Gasteiger partial charge in [0.15, 0.2) is 0 Å². The summed E-state index contributed by atoms with van der Waals surface area (Å²) in [7, 11) is 2.82. The predicted molar refractivity (Wildman–Crippen MR) is 122 cm³/mol. The topological polar surface area (TPSA) is 87.2 Å². The number of aryl methyl sites for hydroxylation is 1. The Morgan fingerprint density at radius 2 is 1.97 bits per heavy atom. The number of benzene rings is 1. The first-order valence-electron chi connectivity index (χ1n) is 10.8. The average Bonchev–Trinajstić information content (AvgIpc) is 2.80. The van der Waals surface area contributed by atoms with Crippen molar-refractivity contribution in [3.05, 3.63) is 65.2 Å². The second-order valence-electron chi connectivity index (χ2n) is 8.17. The van der Waals surface area contributed by atoms with E-state index in [0.717, 1.165) is 28.3 Å². The van der Waals surface area contributed by atoms with Crippen LogP contribution in [-0.4, -0.2) is 42.7 Å². The fourth-order valence-electron chi connectivity index (χ4n) is 4.01. The summed E-state index contributed by atoms with van der Waals surface area (Å²) in [6, 6.07) is 9.43. The van der Waals surface area contributed by atoms with Gasteiger partial charge in [-0.25, -0.2) is 9.59 Å². The van der Waals surface area contributed by atoms with Crippen LogP contribution in [0, 0.1) is 12.8 Å². The monoisotopic (exact) mass is 454 g/mol. The molecule has 0 radical (unpaired) electrons. The third-order valence-electron chi connectivity index (χ3n) is 5.55. The van der Waals surface area contributed by atoms with Crippen LogP contribution in [0.15, 0.2) is 42.7 Å². The molecule has 1 aliphatic heterocycles. The number of hydrogen-bond acceptors (Lipinski definition) is 7. The lowest BCUT2D eigenvalue weighted by Gasteiger charge is -2.39. The van der Waals surface area contributed by atoms with E-state index in [9.17, 15) is 9.59 Å². The molecule has 0 fully saturated rings. The highest BCUT2D eigenvalue weighted by molar-refractivity contribution is 5.88. The highest BCUT2D eigenvalue weighted by Crippen LogP contribution is 2.37. The van der Waals surface area contributed by atoms with Gasteiger partial charge in [-0.1, -0.05) is 19.9 Å². The van der Waals surface area contributed by atoms with Gasteiger partial charge in [0.05, 0.1) is 20.3 Å². The minimum absolute atomic E-state index is 0.121. The van der Waals surface area contributed by atoms with Crippen molar-refractivity contribution < 1.29 is 28.5 Å². The largest absolute Gasteiger partial charge is 0.495 e. The third-order valence-corrected chi connectivity index (χ3v) is 5.55. The lowest BCUT2D eigenvalue weighted by molar-refractivity contribution is -0.139. The van der Waals surface area contributed by atoms with Crippen molar-refractivity contribution >= 4 is 12.1 Å². The summed E-state index contributed by atoms with van der Waals surface area (Å²) in [5.74, 6) is 0.413. The van der Waals surface area contributed by atoms with E-state index in [-0.39, 0.29) is 24.3 Å². The molecule has 1 aliphatic rings. The van der Waals surface area contributed by atoms with Gasteiger partial charge in [-0.05, 0) is 61.2 Å². The van der Waals surface area contributed by atoms with Crippen LogP contribution in [0.3, 0.4) is 0 Å². The fourth-order valence-corrected chi connectivity index (χ4v) is 4.01. The van der Waals surface area contributed by atoms with E-state index in [4.69, 9.17) is 14.2 Å². The Hall–Kier alpha value is -3.55. The molecule has 0 unspecified atom stereocenters. The quantitative estimate of drug-likeness (QED) is 0.349. The van der Waals surface area contributed by atoms with Crippen molar-refractivity contribution in [2.75, 3.05) is 20.8 Å². The molecule has 176 valence electrons. The summed E-state index contributed by atoms with van der Waals surface area (Å²) < 4.78 is 21.1. The molecule has 8 heteroatoms. The summed E-state index contributed by atoms with van der Waals surface area (Å²) in [6.45, 7) is 10.2. The van der Waals surface area contributed by atoms with Crippen molar-refractivity contribution in [1.82, 2.24) is 9.88 Å². The molecule has 1 atom stereocenters. The molecule has 8 nitrogen and oxygen atoms in total. The predicted octanol–water partition coefficient (Wildman–Crippen LogP) is 4.36. The minimum Gasteiger partial charge on any atom is -0.495 e. The Labute approximate surface area is 194 Å². The van der Waals surface area contributed by atoms with Gasteiger partial charge >= 0.3 is 12.1 Å². The van der Waals surface area contributed by atoms with Gasteiger partial charge in [0, 0.05) is 12.2 Å². The summed E-state index contributed by atoms with van der Waals surface area (Å²) >= 11 is 0. The molecule has 0 bridgehead atoms. The number of aromatic nitrogens is 1. The van der Waals surface area contributed by atoms with Crippen LogP contribution in [0.5, 0.6) is 11.5 Å². The van der Waals surface area contributed by atoms with Crippen molar-refractivity contribution in [3.8, 4) is 11.5 Å². The Morgan fingerprint density at radius 3 is 2.64 bits per heavy atom. The number of ether oxygens (including phenoxy) is 4. The van der Waals surface area contributed by atoms with Crippen LogP contribution in [0.1, 0.15) is 42.4 Å². The van der Waals surface area contributed by atoms with Gasteiger partial charge in [0.2, 0.25) is 5.76 Å². The maximum atomic E-state index is 12.8. The first kappa shape index (κ1) is 24.1. The van der Waals surface area contributed by atoms with Crippen LogP contribution < -0.4 is 9.47 Å². The molecular weight excluding hydrogens is 424 g/mol. The number of hydrogen-bond donors (Lipinski definition) is 0. The van der Waals surface area contributed by atoms with E-state index < -0.39 is 12.1 Å². The molecule has 2 aromatic rings. The lowest BCUT2D eigenvalue weighted by atomic mass is 9.86. The van der Waals surface area contributed by atoms with E-state index in [0.29, 0.717) is 18.7 Å². The molecule has 1 aromatic heterocycles. The Balaban J connectivity index is 1.77. The molecule has 0 saturated carbocycles. The number of carbonyl (C=O) groups excluding carboxylic acids is 2. The van der Waals surface area contributed by atoms with Gasteiger partial charge in [-0.15, -0.1) is 0 Å². The standard InChI is InChI=1S/C25H30N2O6/c1-15(2)23-20-9-8-19(32-14-21-22(30-5)10-7-16(3)26-21)13-18(20)11-12-27(23)25(29)33-17(4)24(28)31-6/h7-10,13,15,23H,4,11-12,14H2,1-3,5-6H3/t23-/m0/s1. The number of esters is 1. The van der Waals surface area contributed by atoms with Crippen LogP contribution in [0.2, 0.25) is 0 Å². The van der Waals surface area contributed by atoms with E-state index in [1.165, 1.54) is 7.11 Å². The zero-order valence-corrected chi connectivity index (χ0v) is 19.7. The zero-order valence-electron chi connectivity index (χ0n) is 19.7. The number of fused-ring (bicyclic) bond motifs is 1. The number of carbonyl (C=O) groups is 2. The van der Waals surface area contributed by atoms with Crippen LogP contribution in [0.4, 0.5) is 4.79 Å². The normalized spacial score (nSPS) is 15.0. The van der Waals surface area contributed by atoms with Crippen molar-refractivity contribution in [1.29, 1.82) is 0 Å². The number of nitrogens with zero attached hydrogens (tertiary/aromatic N) is 2. The van der Waals surface area contributed by atoms with E-state index in [1.807, 2.05) is 51.1 Å². The SMILES string of the molecule is C=C(OC(=O)N1CCc2cc(OCc3nc(C)ccc3OC)ccc2[C@@H]1C(C)C)C(=O)OC. The first-order valence-corrected chi connectivity index (χ1v) is 10.8. The van der Waals surface area contributed by atoms with E-state index in [1.54, 1.807) is 12.0 Å². The summed E-state index contributed by atoms with van der Waals surface area (Å²) in [6.07, 6.45) is 0.00868. The number of pyridine rings is 1. The molecule has 3 rings (SSSR count). The van der Waals surface area contributed by atoms with E-state index >= 15 is 0 Å². The summed E-state index contributed by atoms with van der Waals surface area (Å²) in [5, 5.41) is 0. The number of amides is 1. The third kappa shape index (κ3) is 5.45. The van der Waals surface area contributed by atoms with Crippen molar-refractivity contribution in [2.24, 2.45) is 5.92 Å². The van der Waals surface area contributed by atoms with Crippen LogP contribution in [-0.2, 0) is 27.3 Å². The molecule has 33 heavy (non-hydrogen) atoms. The highest BCUT2D eigenvalue weighted by Gasteiger charge is 2.35. The minimum atomic E-state index is -0.775. The van der Waals surface area contributed by atoms with Gasteiger partial charge in [-0.3, -0.25) is 4.98 Å². The van der Waals surface area contributed by atoms with Crippen molar-refractivity contribution in [3.63, 3.8) is 0 Å². The lowest BCUT2D eigenvalue weighted by Crippen LogP contribution is -2.42. The van der Waals surface area contributed by atoms with Crippen molar-refractivity contribution in [2.45, 2.75) is 39.8 Å². The van der Waals surface area contributed by atoms with Gasteiger partial charge in [0.25, 0.3) is 0 Å². The number of methoxy groups -OCH3 is 2. The Kier molecular flexibility index (Phi) is 7.58. The smallest absolute Gasteiger partial charge is 0.416 e. The van der Waals surface area contributed by atoms with Gasteiger partial charge in [-0.2, -0.15) is 0 Å². The maximum Gasteiger partial charge on any atom is 0.416 e. The fraction of sp³-hybridized carbons (Fsp3) is 0.400. The van der Waals surface area contributed by atoms with Gasteiger partial charge < -0.3 is 23.8 Å². The molecule has 0 aliphatic carbocycles. The van der Waals surface area contributed by atoms with Gasteiger partial charge in [0.1, 0.15) is 23.8 Å². The maximum absolute atomic E-state index is 12.8. The second-order valence-corrected chi connectivity index (χ2v) is 8.17. The Bertz CT molecular complexity index is 1050. The average molecular weight is 455 g/mol. The molecule has 0 N–H and O–H groups in total. The van der Waals surface area contributed by atoms with E-state index in [2.05, 4.69) is 16.3 Å². The van der Waals surface area contributed by atoms with Crippen LogP contribution >= 0.6 is 0 Å². The zero-order chi connectivity index (χ0) is 24.1. The molecule has 2 heterocycles. The van der Waals surface area contributed by atoms with Crippen LogP contribution in [0.25, 0.3) is 0 Å². The molecule has 0 saturated heterocycles. The Morgan fingerprint density at radius 1 is 1.21 bits per heavy atom. The summed E-state index contributed by atoms with van der Waals surface area (Å²) in [4.78, 5) is 30.5. The molecule has 0 spiro atoms. The first-order chi connectivity index (χ1) is 15.7. The molecular formula is C25H30N2O6. The number of rotatable bonds is 7.